The first kappa shape index (κ1) is 29.2. The number of ether oxygens (including phenoxy) is 1. The molecule has 44 heavy (non-hydrogen) atoms. The lowest BCUT2D eigenvalue weighted by atomic mass is 9.98. The lowest BCUT2D eigenvalue weighted by Crippen LogP contribution is -2.29. The Bertz CT molecular complexity index is 1680. The Labute approximate surface area is 258 Å². The summed E-state index contributed by atoms with van der Waals surface area (Å²) in [5, 5.41) is 9.68. The molecule has 7 heteroatoms. The van der Waals surface area contributed by atoms with Crippen molar-refractivity contribution < 1.29 is 14.3 Å². The topological polar surface area (TPSA) is 82.7 Å². The number of piperidine rings is 1. The fourth-order valence-electron chi connectivity index (χ4n) is 5.96. The minimum Gasteiger partial charge on any atom is -0.497 e. The number of anilines is 2. The van der Waals surface area contributed by atoms with Crippen LogP contribution in [0.5, 0.6) is 5.75 Å². The van der Waals surface area contributed by atoms with Gasteiger partial charge in [0.05, 0.1) is 24.4 Å². The SMILES string of the molecule is COc1ccc([C@@H](C)NC(=O)c2ccc3c(c2)/C(=C(/Nc2cccc(CN4CCCCC4)c2)c2ccccc2)C(=O)N3)cc1. The number of benzene rings is 4. The van der Waals surface area contributed by atoms with E-state index in [1.54, 1.807) is 25.3 Å². The number of carbonyl (C=O) groups excluding carboxylic acids is 2. The van der Waals surface area contributed by atoms with Gasteiger partial charge in [0, 0.05) is 29.0 Å². The van der Waals surface area contributed by atoms with Gasteiger partial charge in [-0.1, -0.05) is 61.0 Å². The highest BCUT2D eigenvalue weighted by molar-refractivity contribution is 6.37. The van der Waals surface area contributed by atoms with Crippen molar-refractivity contribution in [2.45, 2.75) is 38.8 Å². The number of nitrogens with one attached hydrogen (secondary N) is 3. The minimum atomic E-state index is -0.213. The van der Waals surface area contributed by atoms with Crippen molar-refractivity contribution in [1.29, 1.82) is 0 Å². The number of nitrogens with zero attached hydrogens (tertiary/aromatic N) is 1. The zero-order chi connectivity index (χ0) is 30.5. The van der Waals surface area contributed by atoms with Crippen molar-refractivity contribution >= 4 is 34.5 Å². The van der Waals surface area contributed by atoms with Gasteiger partial charge in [-0.3, -0.25) is 14.5 Å². The highest BCUT2D eigenvalue weighted by Crippen LogP contribution is 2.38. The quantitative estimate of drug-likeness (QED) is 0.182. The Hall–Kier alpha value is -4.88. The second kappa shape index (κ2) is 13.2. The van der Waals surface area contributed by atoms with E-state index in [-0.39, 0.29) is 17.9 Å². The fraction of sp³-hybridized carbons (Fsp3) is 0.243. The highest BCUT2D eigenvalue weighted by atomic mass is 16.5. The Morgan fingerprint density at radius 3 is 2.41 bits per heavy atom. The molecular weight excluding hydrogens is 548 g/mol. The second-order valence-corrected chi connectivity index (χ2v) is 11.5. The molecule has 224 valence electrons. The molecule has 0 unspecified atom stereocenters. The number of amides is 2. The molecule has 2 amide bonds. The molecule has 7 nitrogen and oxygen atoms in total. The van der Waals surface area contributed by atoms with E-state index in [9.17, 15) is 9.59 Å². The van der Waals surface area contributed by atoms with Gasteiger partial charge in [-0.25, -0.2) is 0 Å². The van der Waals surface area contributed by atoms with Crippen LogP contribution in [0.15, 0.2) is 97.1 Å². The van der Waals surface area contributed by atoms with Crippen LogP contribution in [0.1, 0.15) is 64.8 Å². The molecule has 4 aromatic rings. The number of carbonyl (C=O) groups is 2. The Morgan fingerprint density at radius 1 is 0.886 bits per heavy atom. The van der Waals surface area contributed by atoms with Crippen molar-refractivity contribution in [3.63, 3.8) is 0 Å². The molecule has 4 aromatic carbocycles. The molecule has 1 saturated heterocycles. The maximum Gasteiger partial charge on any atom is 0.258 e. The lowest BCUT2D eigenvalue weighted by Gasteiger charge is -2.26. The molecule has 0 aromatic heterocycles. The summed E-state index contributed by atoms with van der Waals surface area (Å²) in [5.41, 5.74) is 7.05. The third-order valence-corrected chi connectivity index (χ3v) is 8.35. The van der Waals surface area contributed by atoms with Gasteiger partial charge >= 0.3 is 0 Å². The van der Waals surface area contributed by atoms with E-state index in [2.05, 4.69) is 39.0 Å². The van der Waals surface area contributed by atoms with E-state index < -0.39 is 0 Å². The van der Waals surface area contributed by atoms with Gasteiger partial charge in [-0.2, -0.15) is 0 Å². The smallest absolute Gasteiger partial charge is 0.258 e. The summed E-state index contributed by atoms with van der Waals surface area (Å²) in [6, 6.07) is 31.0. The summed E-state index contributed by atoms with van der Waals surface area (Å²) < 4.78 is 5.25. The Kier molecular flexibility index (Phi) is 8.75. The number of fused-ring (bicyclic) bond motifs is 1. The van der Waals surface area contributed by atoms with Gasteiger partial charge in [0.15, 0.2) is 0 Å². The van der Waals surface area contributed by atoms with Gasteiger partial charge in [0.25, 0.3) is 11.8 Å². The van der Waals surface area contributed by atoms with Crippen molar-refractivity contribution in [1.82, 2.24) is 10.2 Å². The molecule has 2 heterocycles. The van der Waals surface area contributed by atoms with Crippen molar-refractivity contribution in [3.8, 4) is 5.75 Å². The monoisotopic (exact) mass is 586 g/mol. The van der Waals surface area contributed by atoms with Crippen LogP contribution in [0, 0.1) is 0 Å². The minimum absolute atomic E-state index is 0.208. The first-order valence-electron chi connectivity index (χ1n) is 15.3. The number of likely N-dealkylation sites (tertiary alicyclic amines) is 1. The van der Waals surface area contributed by atoms with Crippen LogP contribution in [0.3, 0.4) is 0 Å². The summed E-state index contributed by atoms with van der Waals surface area (Å²) in [6.07, 6.45) is 3.80. The Balaban J connectivity index is 1.31. The molecule has 1 atom stereocenters. The van der Waals surface area contributed by atoms with E-state index in [1.165, 1.54) is 24.8 Å². The van der Waals surface area contributed by atoms with Crippen molar-refractivity contribution in [2.75, 3.05) is 30.8 Å². The predicted octanol–water partition coefficient (Wildman–Crippen LogP) is 7.10. The average molecular weight is 587 g/mol. The maximum absolute atomic E-state index is 13.5. The van der Waals surface area contributed by atoms with Crippen LogP contribution in [0.25, 0.3) is 11.3 Å². The largest absolute Gasteiger partial charge is 0.497 e. The van der Waals surface area contributed by atoms with Gasteiger partial charge in [0.1, 0.15) is 5.75 Å². The molecule has 1 fully saturated rings. The fourth-order valence-corrected chi connectivity index (χ4v) is 5.96. The molecule has 2 aliphatic rings. The molecule has 0 spiro atoms. The highest BCUT2D eigenvalue weighted by Gasteiger charge is 2.29. The van der Waals surface area contributed by atoms with Crippen molar-refractivity contribution in [2.24, 2.45) is 0 Å². The average Bonchev–Trinajstić information content (AvgIpc) is 3.39. The van der Waals surface area contributed by atoms with Crippen LogP contribution in [0.4, 0.5) is 11.4 Å². The van der Waals surface area contributed by atoms with Gasteiger partial charge in [0.2, 0.25) is 0 Å². The van der Waals surface area contributed by atoms with E-state index >= 15 is 0 Å². The van der Waals surface area contributed by atoms with Crippen molar-refractivity contribution in [3.05, 3.63) is 125 Å². The molecule has 6 rings (SSSR count). The standard InChI is InChI=1S/C37H38N4O3/c1-25(27-14-17-31(44-2)18-15-27)38-36(42)29-16-19-33-32(23-29)34(37(43)40-33)35(28-11-5-3-6-12-28)39-30-13-9-10-26(22-30)24-41-20-7-4-8-21-41/h3,5-6,9-19,22-23,25,39H,4,7-8,20-21,24H2,1-2H3,(H,38,42)(H,40,43)/b35-34-/t25-/m1/s1. The van der Waals surface area contributed by atoms with Crippen LogP contribution < -0.4 is 20.7 Å². The van der Waals surface area contributed by atoms with E-state index in [0.717, 1.165) is 42.2 Å². The zero-order valence-corrected chi connectivity index (χ0v) is 25.2. The van der Waals surface area contributed by atoms with Crippen LogP contribution in [0.2, 0.25) is 0 Å². The lowest BCUT2D eigenvalue weighted by molar-refractivity contribution is -0.110. The van der Waals surface area contributed by atoms with E-state index in [1.807, 2.05) is 67.6 Å². The third-order valence-electron chi connectivity index (χ3n) is 8.35. The summed E-state index contributed by atoms with van der Waals surface area (Å²) in [7, 11) is 1.63. The van der Waals surface area contributed by atoms with Gasteiger partial charge < -0.3 is 20.7 Å². The van der Waals surface area contributed by atoms with E-state index in [0.29, 0.717) is 28.1 Å². The zero-order valence-electron chi connectivity index (χ0n) is 25.2. The molecule has 0 saturated carbocycles. The van der Waals surface area contributed by atoms with Gasteiger partial charge in [-0.05, 0) is 92.0 Å². The Morgan fingerprint density at radius 2 is 1.66 bits per heavy atom. The molecule has 3 N–H and O–H groups in total. The first-order chi connectivity index (χ1) is 21.5. The third kappa shape index (κ3) is 6.53. The van der Waals surface area contributed by atoms with Crippen LogP contribution in [-0.2, 0) is 11.3 Å². The normalized spacial score (nSPS) is 16.5. The second-order valence-electron chi connectivity index (χ2n) is 11.5. The molecule has 0 aliphatic carbocycles. The number of methoxy groups -OCH3 is 1. The maximum atomic E-state index is 13.5. The first-order valence-corrected chi connectivity index (χ1v) is 15.3. The molecule has 0 radical (unpaired) electrons. The predicted molar refractivity (Wildman–Crippen MR) is 176 cm³/mol. The summed E-state index contributed by atoms with van der Waals surface area (Å²) in [5.74, 6) is 0.341. The number of hydrogen-bond donors (Lipinski definition) is 3. The summed E-state index contributed by atoms with van der Waals surface area (Å²) in [4.78, 5) is 29.4. The number of rotatable bonds is 9. The molecular formula is C37H38N4O3. The van der Waals surface area contributed by atoms with Crippen LogP contribution in [-0.4, -0.2) is 36.9 Å². The van der Waals surface area contributed by atoms with E-state index in [4.69, 9.17) is 4.74 Å². The summed E-state index contributed by atoms with van der Waals surface area (Å²) in [6.45, 7) is 5.11. The van der Waals surface area contributed by atoms with Gasteiger partial charge in [-0.15, -0.1) is 0 Å². The molecule has 0 bridgehead atoms. The summed E-state index contributed by atoms with van der Waals surface area (Å²) >= 11 is 0. The number of hydrogen-bond acceptors (Lipinski definition) is 5. The molecule has 2 aliphatic heterocycles. The van der Waals surface area contributed by atoms with Crippen LogP contribution >= 0.6 is 0 Å².